The van der Waals surface area contributed by atoms with Gasteiger partial charge in [-0.05, 0) is 42.8 Å². The maximum atomic E-state index is 12.8. The molecule has 144 valence electrons. The number of carbonyl (C=O) groups excluding carboxylic acids is 3. The van der Waals surface area contributed by atoms with Gasteiger partial charge in [0.1, 0.15) is 5.69 Å². The molecule has 2 heterocycles. The summed E-state index contributed by atoms with van der Waals surface area (Å²) in [6, 6.07) is 11.1. The molecule has 29 heavy (non-hydrogen) atoms. The average Bonchev–Trinajstić information content (AvgIpc) is 2.94. The van der Waals surface area contributed by atoms with Crippen LogP contribution in [0, 0.1) is 6.92 Å². The van der Waals surface area contributed by atoms with Gasteiger partial charge in [-0.1, -0.05) is 12.1 Å². The van der Waals surface area contributed by atoms with Crippen LogP contribution in [-0.2, 0) is 0 Å². The Bertz CT molecular complexity index is 1300. The molecule has 0 spiro atoms. The number of benzene rings is 2. The maximum Gasteiger partial charge on any atom is 0.325 e. The van der Waals surface area contributed by atoms with Gasteiger partial charge in [0.2, 0.25) is 0 Å². The summed E-state index contributed by atoms with van der Waals surface area (Å²) in [6.45, 7) is 1.85. The maximum absolute atomic E-state index is 12.8. The molecule has 3 aromatic rings. The molecule has 0 atom stereocenters. The van der Waals surface area contributed by atoms with Gasteiger partial charge >= 0.3 is 5.69 Å². The Hall–Kier alpha value is -4.27. The van der Waals surface area contributed by atoms with E-state index in [-0.39, 0.29) is 22.4 Å². The van der Waals surface area contributed by atoms with E-state index in [1.807, 2.05) is 18.0 Å². The molecule has 0 unspecified atom stereocenters. The molecule has 1 aliphatic rings. The highest BCUT2D eigenvalue weighted by Crippen LogP contribution is 2.29. The van der Waals surface area contributed by atoms with Crippen LogP contribution in [0.1, 0.15) is 36.6 Å². The van der Waals surface area contributed by atoms with E-state index in [1.165, 1.54) is 18.2 Å². The van der Waals surface area contributed by atoms with E-state index in [9.17, 15) is 24.0 Å². The van der Waals surface area contributed by atoms with E-state index in [0.29, 0.717) is 5.69 Å². The normalized spacial score (nSPS) is 12.8. The molecule has 1 aliphatic heterocycles. The van der Waals surface area contributed by atoms with Crippen LogP contribution >= 0.6 is 0 Å². The molecule has 0 fully saturated rings. The zero-order chi connectivity index (χ0) is 20.7. The zero-order valence-corrected chi connectivity index (χ0v) is 15.1. The summed E-state index contributed by atoms with van der Waals surface area (Å²) in [5.41, 5.74) is 0.0909. The van der Waals surface area contributed by atoms with E-state index in [1.54, 1.807) is 18.2 Å². The van der Waals surface area contributed by atoms with Crippen LogP contribution in [0.5, 0.6) is 0 Å². The third-order valence-corrected chi connectivity index (χ3v) is 4.48. The number of nitrogens with one attached hydrogen (secondary N) is 3. The molecule has 1 aromatic heterocycles. The molecule has 0 bridgehead atoms. The Balaban J connectivity index is 1.66. The van der Waals surface area contributed by atoms with Gasteiger partial charge < -0.3 is 10.3 Å². The van der Waals surface area contributed by atoms with E-state index in [0.717, 1.165) is 16.7 Å². The summed E-state index contributed by atoms with van der Waals surface area (Å²) in [5, 5.41) is 2.36. The summed E-state index contributed by atoms with van der Waals surface area (Å²) in [7, 11) is 0. The van der Waals surface area contributed by atoms with Crippen LogP contribution in [0.2, 0.25) is 0 Å². The lowest BCUT2D eigenvalue weighted by atomic mass is 10.1. The molecular weight excluding hydrogens is 376 g/mol. The predicted molar refractivity (Wildman–Crippen MR) is 104 cm³/mol. The minimum Gasteiger partial charge on any atom is -0.316 e. The lowest BCUT2D eigenvalue weighted by molar-refractivity contribution is 0.0925. The number of H-pyrrole nitrogens is 2. The first-order valence-corrected chi connectivity index (χ1v) is 8.58. The van der Waals surface area contributed by atoms with Crippen molar-refractivity contribution in [2.75, 3.05) is 10.2 Å². The molecule has 2 aromatic carbocycles. The first-order chi connectivity index (χ1) is 13.8. The van der Waals surface area contributed by atoms with Crippen molar-refractivity contribution in [3.05, 3.63) is 91.8 Å². The second kappa shape index (κ2) is 6.71. The van der Waals surface area contributed by atoms with Gasteiger partial charge in [-0.25, -0.2) is 9.69 Å². The largest absolute Gasteiger partial charge is 0.325 e. The average molecular weight is 390 g/mol. The number of aromatic nitrogens is 2. The van der Waals surface area contributed by atoms with Crippen LogP contribution in [0.3, 0.4) is 0 Å². The molecule has 9 heteroatoms. The molecular formula is C20H14N4O5. The van der Waals surface area contributed by atoms with Crippen LogP contribution in [0.15, 0.2) is 58.3 Å². The summed E-state index contributed by atoms with van der Waals surface area (Å²) < 4.78 is 0. The fraction of sp³-hybridized carbons (Fsp3) is 0.0500. The van der Waals surface area contributed by atoms with E-state index in [2.05, 4.69) is 10.3 Å². The lowest BCUT2D eigenvalue weighted by Gasteiger charge is -2.14. The van der Waals surface area contributed by atoms with Crippen molar-refractivity contribution in [2.24, 2.45) is 0 Å². The number of nitrogens with zero attached hydrogens (tertiary/aromatic N) is 1. The van der Waals surface area contributed by atoms with E-state index >= 15 is 0 Å². The third-order valence-electron chi connectivity index (χ3n) is 4.48. The fourth-order valence-corrected chi connectivity index (χ4v) is 3.08. The number of amides is 3. The highest BCUT2D eigenvalue weighted by Gasteiger charge is 2.37. The molecule has 0 saturated heterocycles. The summed E-state index contributed by atoms with van der Waals surface area (Å²) in [6.07, 6.45) is 1.07. The molecule has 0 aliphatic carbocycles. The van der Waals surface area contributed by atoms with Crippen LogP contribution in [0.4, 0.5) is 11.4 Å². The highest BCUT2D eigenvalue weighted by atomic mass is 16.2. The molecule has 3 amide bonds. The number of anilines is 2. The molecule has 3 N–H and O–H groups in total. The first-order valence-electron chi connectivity index (χ1n) is 8.58. The zero-order valence-electron chi connectivity index (χ0n) is 15.1. The van der Waals surface area contributed by atoms with Crippen LogP contribution in [0.25, 0.3) is 0 Å². The predicted octanol–water partition coefficient (Wildman–Crippen LogP) is 1.42. The van der Waals surface area contributed by atoms with Crippen molar-refractivity contribution in [2.45, 2.75) is 6.92 Å². The van der Waals surface area contributed by atoms with Crippen molar-refractivity contribution >= 4 is 29.1 Å². The van der Waals surface area contributed by atoms with Crippen molar-refractivity contribution in [1.82, 2.24) is 9.97 Å². The minimum absolute atomic E-state index is 0.0848. The standard InChI is InChI=1S/C20H14N4O5/c1-10-3-2-4-12(7-10)24-18(27)13-6-5-11(8-14(13)19(24)28)16(25)22-15-9-21-20(29)23-17(15)26/h2-9H,1H3,(H,22,25)(H2,21,23,26,29). The number of hydrogen-bond donors (Lipinski definition) is 3. The summed E-state index contributed by atoms with van der Waals surface area (Å²) >= 11 is 0. The fourth-order valence-electron chi connectivity index (χ4n) is 3.08. The molecule has 0 radical (unpaired) electrons. The van der Waals surface area contributed by atoms with Crippen LogP contribution < -0.4 is 21.5 Å². The minimum atomic E-state index is -0.764. The van der Waals surface area contributed by atoms with Gasteiger partial charge in [0.25, 0.3) is 23.3 Å². The third kappa shape index (κ3) is 3.14. The monoisotopic (exact) mass is 390 g/mol. The van der Waals surface area contributed by atoms with Crippen molar-refractivity contribution < 1.29 is 14.4 Å². The van der Waals surface area contributed by atoms with Gasteiger partial charge in [-0.3, -0.25) is 24.2 Å². The number of aromatic amines is 2. The van der Waals surface area contributed by atoms with Crippen molar-refractivity contribution in [3.8, 4) is 0 Å². The van der Waals surface area contributed by atoms with Gasteiger partial charge in [-0.2, -0.15) is 0 Å². The quantitative estimate of drug-likeness (QED) is 0.582. The first kappa shape index (κ1) is 18.1. The number of hydrogen-bond acceptors (Lipinski definition) is 5. The van der Waals surface area contributed by atoms with Gasteiger partial charge in [0.05, 0.1) is 16.8 Å². The Morgan fingerprint density at radius 2 is 1.72 bits per heavy atom. The number of imide groups is 1. The van der Waals surface area contributed by atoms with Crippen molar-refractivity contribution in [1.29, 1.82) is 0 Å². The Morgan fingerprint density at radius 1 is 0.966 bits per heavy atom. The highest BCUT2D eigenvalue weighted by molar-refractivity contribution is 6.34. The number of carbonyl (C=O) groups is 3. The van der Waals surface area contributed by atoms with E-state index in [4.69, 9.17) is 0 Å². The Kier molecular flexibility index (Phi) is 4.19. The van der Waals surface area contributed by atoms with E-state index < -0.39 is 29.0 Å². The second-order valence-electron chi connectivity index (χ2n) is 6.48. The van der Waals surface area contributed by atoms with Gasteiger partial charge in [0, 0.05) is 11.8 Å². The lowest BCUT2D eigenvalue weighted by Crippen LogP contribution is -2.29. The summed E-state index contributed by atoms with van der Waals surface area (Å²) in [4.78, 5) is 66.1. The number of rotatable bonds is 3. The Morgan fingerprint density at radius 3 is 2.45 bits per heavy atom. The number of aryl methyl sites for hydroxylation is 1. The summed E-state index contributed by atoms with van der Waals surface area (Å²) in [5.74, 6) is -1.67. The number of fused-ring (bicyclic) bond motifs is 1. The van der Waals surface area contributed by atoms with Crippen molar-refractivity contribution in [3.63, 3.8) is 0 Å². The SMILES string of the molecule is Cc1cccc(N2C(=O)c3ccc(C(=O)Nc4c[nH]c(=O)[nH]c4=O)cc3C2=O)c1. The molecule has 0 saturated carbocycles. The molecule has 9 nitrogen and oxygen atoms in total. The van der Waals surface area contributed by atoms with Gasteiger partial charge in [0.15, 0.2) is 0 Å². The second-order valence-corrected chi connectivity index (χ2v) is 6.48. The smallest absolute Gasteiger partial charge is 0.316 e. The van der Waals surface area contributed by atoms with Gasteiger partial charge in [-0.15, -0.1) is 0 Å². The topological polar surface area (TPSA) is 132 Å². The Labute approximate surface area is 163 Å². The van der Waals surface area contributed by atoms with Crippen LogP contribution in [-0.4, -0.2) is 27.7 Å². The molecule has 4 rings (SSSR count).